The first-order valence-corrected chi connectivity index (χ1v) is 9.63. The van der Waals surface area contributed by atoms with Crippen molar-refractivity contribution in [3.63, 3.8) is 0 Å². The Bertz CT molecular complexity index is 786. The van der Waals surface area contributed by atoms with Crippen molar-refractivity contribution in [2.75, 3.05) is 26.2 Å². The van der Waals surface area contributed by atoms with Crippen LogP contribution in [0.15, 0.2) is 54.6 Å². The molecule has 0 unspecified atom stereocenters. The summed E-state index contributed by atoms with van der Waals surface area (Å²) >= 11 is 0. The van der Waals surface area contributed by atoms with Crippen LogP contribution in [0.3, 0.4) is 0 Å². The largest absolute Gasteiger partial charge is 0.490 e. The maximum Gasteiger partial charge on any atom is 0.317 e. The predicted molar refractivity (Wildman–Crippen MR) is 107 cm³/mol. The van der Waals surface area contributed by atoms with E-state index in [4.69, 9.17) is 9.84 Å². The van der Waals surface area contributed by atoms with Gasteiger partial charge in [-0.05, 0) is 43.0 Å². The number of hydrogen-bond acceptors (Lipinski definition) is 4. The first kappa shape index (κ1) is 19.9. The summed E-state index contributed by atoms with van der Waals surface area (Å²) in [4.78, 5) is 25.1. The average Bonchev–Trinajstić information content (AvgIpc) is 2.70. The van der Waals surface area contributed by atoms with Crippen molar-refractivity contribution in [1.82, 2.24) is 10.2 Å². The van der Waals surface area contributed by atoms with Gasteiger partial charge in [0.2, 0.25) is 0 Å². The van der Waals surface area contributed by atoms with E-state index in [1.54, 1.807) is 12.1 Å². The quantitative estimate of drug-likeness (QED) is 0.734. The molecule has 148 valence electrons. The summed E-state index contributed by atoms with van der Waals surface area (Å²) in [5.74, 6) is -0.240. The maximum atomic E-state index is 12.4. The summed E-state index contributed by atoms with van der Waals surface area (Å²) in [5, 5.41) is 11.8. The summed E-state index contributed by atoms with van der Waals surface area (Å²) < 4.78 is 6.02. The maximum absolute atomic E-state index is 12.4. The third-order valence-corrected chi connectivity index (χ3v) is 4.83. The molecule has 3 rings (SSSR count). The number of carbonyl (C=O) groups is 2. The van der Waals surface area contributed by atoms with Gasteiger partial charge >= 0.3 is 5.97 Å². The van der Waals surface area contributed by atoms with Crippen molar-refractivity contribution in [2.24, 2.45) is 0 Å². The summed E-state index contributed by atoms with van der Waals surface area (Å²) in [6.45, 7) is 2.06. The minimum absolute atomic E-state index is 0.0430. The molecule has 1 heterocycles. The fourth-order valence-corrected chi connectivity index (χ4v) is 3.35. The van der Waals surface area contributed by atoms with E-state index < -0.39 is 5.97 Å². The van der Waals surface area contributed by atoms with Crippen molar-refractivity contribution >= 4 is 11.9 Å². The van der Waals surface area contributed by atoms with E-state index in [1.807, 2.05) is 47.4 Å². The Hall–Kier alpha value is -2.86. The van der Waals surface area contributed by atoms with E-state index in [2.05, 4.69) is 5.32 Å². The molecule has 0 aliphatic carbocycles. The molecule has 2 aromatic carbocycles. The van der Waals surface area contributed by atoms with Crippen LogP contribution >= 0.6 is 0 Å². The molecule has 1 saturated heterocycles. The lowest BCUT2D eigenvalue weighted by Gasteiger charge is -2.31. The second kappa shape index (κ2) is 9.90. The Labute approximate surface area is 165 Å². The smallest absolute Gasteiger partial charge is 0.317 e. The highest BCUT2D eigenvalue weighted by Gasteiger charge is 2.22. The number of hydrogen-bond donors (Lipinski definition) is 2. The lowest BCUT2D eigenvalue weighted by Crippen LogP contribution is -2.40. The number of amides is 1. The van der Waals surface area contributed by atoms with E-state index >= 15 is 0 Å². The van der Waals surface area contributed by atoms with Gasteiger partial charge in [0, 0.05) is 25.2 Å². The third kappa shape index (κ3) is 6.09. The van der Waals surface area contributed by atoms with E-state index in [1.165, 1.54) is 5.56 Å². The molecule has 1 fully saturated rings. The number of nitrogens with zero attached hydrogens (tertiary/aromatic N) is 1. The molecule has 1 amide bonds. The van der Waals surface area contributed by atoms with Gasteiger partial charge in [-0.15, -0.1) is 0 Å². The number of likely N-dealkylation sites (tertiary alicyclic amines) is 1. The van der Waals surface area contributed by atoms with Gasteiger partial charge in [-0.2, -0.15) is 0 Å². The predicted octanol–water partition coefficient (Wildman–Crippen LogP) is 2.59. The summed E-state index contributed by atoms with van der Waals surface area (Å²) in [5.41, 5.74) is 1.77. The molecule has 0 radical (unpaired) electrons. The van der Waals surface area contributed by atoms with Crippen molar-refractivity contribution in [2.45, 2.75) is 25.4 Å². The van der Waals surface area contributed by atoms with Crippen LogP contribution in [-0.4, -0.2) is 54.2 Å². The van der Waals surface area contributed by atoms with Crippen LogP contribution in [0.5, 0.6) is 5.75 Å². The number of carboxylic acid groups (broad SMARTS) is 1. The van der Waals surface area contributed by atoms with Crippen molar-refractivity contribution in [1.29, 1.82) is 0 Å². The van der Waals surface area contributed by atoms with Crippen LogP contribution in [0, 0.1) is 0 Å². The van der Waals surface area contributed by atoms with Gasteiger partial charge in [-0.3, -0.25) is 14.5 Å². The van der Waals surface area contributed by atoms with Crippen molar-refractivity contribution in [3.8, 4) is 5.75 Å². The minimum atomic E-state index is -0.801. The molecule has 0 saturated carbocycles. The van der Waals surface area contributed by atoms with Gasteiger partial charge < -0.3 is 15.2 Å². The van der Waals surface area contributed by atoms with Gasteiger partial charge in [0.05, 0.1) is 6.54 Å². The molecule has 1 aliphatic rings. The number of piperidine rings is 1. The van der Waals surface area contributed by atoms with E-state index in [-0.39, 0.29) is 18.6 Å². The molecule has 28 heavy (non-hydrogen) atoms. The van der Waals surface area contributed by atoms with Crippen LogP contribution in [0.25, 0.3) is 0 Å². The monoisotopic (exact) mass is 382 g/mol. The van der Waals surface area contributed by atoms with E-state index in [0.29, 0.717) is 30.9 Å². The Balaban J connectivity index is 1.47. The van der Waals surface area contributed by atoms with Crippen molar-refractivity contribution in [3.05, 3.63) is 65.7 Å². The number of nitrogens with one attached hydrogen (secondary N) is 1. The van der Waals surface area contributed by atoms with Crippen molar-refractivity contribution < 1.29 is 19.4 Å². The second-order valence-electron chi connectivity index (χ2n) is 7.01. The molecular weight excluding hydrogens is 356 g/mol. The van der Waals surface area contributed by atoms with Gasteiger partial charge in [0.1, 0.15) is 11.9 Å². The topological polar surface area (TPSA) is 78.9 Å². The summed E-state index contributed by atoms with van der Waals surface area (Å²) in [6, 6.07) is 17.3. The van der Waals surface area contributed by atoms with Crippen LogP contribution in [0.2, 0.25) is 0 Å². The average molecular weight is 382 g/mol. The molecule has 0 bridgehead atoms. The number of benzene rings is 2. The Morgan fingerprint density at radius 2 is 1.82 bits per heavy atom. The highest BCUT2D eigenvalue weighted by atomic mass is 16.5. The molecule has 0 atom stereocenters. The third-order valence-electron chi connectivity index (χ3n) is 4.83. The minimum Gasteiger partial charge on any atom is -0.490 e. The van der Waals surface area contributed by atoms with Gasteiger partial charge in [-0.25, -0.2) is 0 Å². The Morgan fingerprint density at radius 3 is 2.54 bits per heavy atom. The highest BCUT2D eigenvalue weighted by Crippen LogP contribution is 2.20. The normalized spacial score (nSPS) is 15.1. The lowest BCUT2D eigenvalue weighted by atomic mass is 10.1. The van der Waals surface area contributed by atoms with Crippen LogP contribution in [-0.2, 0) is 11.2 Å². The molecule has 2 N–H and O–H groups in total. The number of aliphatic carboxylic acids is 1. The number of ether oxygens (including phenoxy) is 1. The molecule has 1 aliphatic heterocycles. The number of rotatable bonds is 8. The zero-order valence-electron chi connectivity index (χ0n) is 15.8. The molecule has 0 spiro atoms. The Morgan fingerprint density at radius 1 is 1.07 bits per heavy atom. The van der Waals surface area contributed by atoms with E-state index in [9.17, 15) is 9.59 Å². The first-order chi connectivity index (χ1) is 13.6. The molecular formula is C22H26N2O4. The second-order valence-corrected chi connectivity index (χ2v) is 7.01. The van der Waals surface area contributed by atoms with Gasteiger partial charge in [-0.1, -0.05) is 36.4 Å². The van der Waals surface area contributed by atoms with Gasteiger partial charge in [0.25, 0.3) is 5.91 Å². The standard InChI is InChI=1S/C22H26N2O4/c25-21(26)16-24-13-10-19(11-14-24)28-20-8-4-7-18(15-20)22(27)23-12-9-17-5-2-1-3-6-17/h1-8,15,19H,9-14,16H2,(H,23,27)(H,25,26). The summed E-state index contributed by atoms with van der Waals surface area (Å²) in [7, 11) is 0. The SMILES string of the molecule is O=C(O)CN1CCC(Oc2cccc(C(=O)NCCc3ccccc3)c2)CC1. The zero-order chi connectivity index (χ0) is 19.8. The first-order valence-electron chi connectivity index (χ1n) is 9.63. The zero-order valence-corrected chi connectivity index (χ0v) is 15.8. The van der Waals surface area contributed by atoms with Gasteiger partial charge in [0.15, 0.2) is 0 Å². The highest BCUT2D eigenvalue weighted by molar-refractivity contribution is 5.94. The van der Waals surface area contributed by atoms with E-state index in [0.717, 1.165) is 19.3 Å². The number of carboxylic acids is 1. The molecule has 0 aromatic heterocycles. The van der Waals surface area contributed by atoms with Crippen LogP contribution < -0.4 is 10.1 Å². The van der Waals surface area contributed by atoms with Crippen LogP contribution in [0.4, 0.5) is 0 Å². The number of carbonyl (C=O) groups excluding carboxylic acids is 1. The van der Waals surface area contributed by atoms with Crippen LogP contribution in [0.1, 0.15) is 28.8 Å². The molecule has 2 aromatic rings. The summed E-state index contributed by atoms with van der Waals surface area (Å²) in [6.07, 6.45) is 2.39. The molecule has 6 nitrogen and oxygen atoms in total. The fraction of sp³-hybridized carbons (Fsp3) is 0.364. The lowest BCUT2D eigenvalue weighted by molar-refractivity contribution is -0.138. The Kier molecular flexibility index (Phi) is 7.03. The molecule has 6 heteroatoms. The fourth-order valence-electron chi connectivity index (χ4n) is 3.35.